The van der Waals surface area contributed by atoms with Crippen molar-refractivity contribution >= 4 is 23.0 Å². The zero-order valence-electron chi connectivity index (χ0n) is 14.3. The second kappa shape index (κ2) is 7.33. The molecule has 0 saturated carbocycles. The van der Waals surface area contributed by atoms with Gasteiger partial charge in [0.2, 0.25) is 11.6 Å². The van der Waals surface area contributed by atoms with Crippen molar-refractivity contribution in [2.24, 2.45) is 0 Å². The molecule has 8 heteroatoms. The van der Waals surface area contributed by atoms with Crippen LogP contribution < -0.4 is 15.0 Å². The number of ether oxygens (including phenoxy) is 1. The van der Waals surface area contributed by atoms with E-state index in [1.165, 1.54) is 6.33 Å². The normalized spacial score (nSPS) is 17.2. The summed E-state index contributed by atoms with van der Waals surface area (Å²) in [6.07, 6.45) is 4.50. The molecule has 8 nitrogen and oxygen atoms in total. The Morgan fingerprint density at radius 1 is 1.36 bits per heavy atom. The molecule has 0 spiro atoms. The molecule has 0 amide bonds. The fraction of sp³-hybridized carbons (Fsp3) is 0.412. The van der Waals surface area contributed by atoms with Crippen LogP contribution in [0.15, 0.2) is 30.6 Å². The summed E-state index contributed by atoms with van der Waals surface area (Å²) in [4.78, 5) is 21.6. The van der Waals surface area contributed by atoms with Crippen molar-refractivity contribution < 1.29 is 9.66 Å². The molecule has 3 rings (SSSR count). The van der Waals surface area contributed by atoms with Gasteiger partial charge in [-0.3, -0.25) is 10.1 Å². The van der Waals surface area contributed by atoms with Gasteiger partial charge in [0.05, 0.1) is 12.0 Å². The van der Waals surface area contributed by atoms with Gasteiger partial charge in [0, 0.05) is 24.3 Å². The lowest BCUT2D eigenvalue weighted by Gasteiger charge is -2.33. The molecule has 1 fully saturated rings. The smallest absolute Gasteiger partial charge is 0.353 e. The van der Waals surface area contributed by atoms with Gasteiger partial charge in [0.15, 0.2) is 0 Å². The molecule has 1 N–H and O–H groups in total. The zero-order valence-corrected chi connectivity index (χ0v) is 14.3. The molecular formula is C17H21N5O3. The molecule has 1 aliphatic rings. The van der Waals surface area contributed by atoms with Crippen LogP contribution in [0.25, 0.3) is 0 Å². The number of piperidine rings is 1. The Morgan fingerprint density at radius 2 is 2.20 bits per heavy atom. The highest BCUT2D eigenvalue weighted by Gasteiger charge is 2.30. The van der Waals surface area contributed by atoms with E-state index in [2.05, 4.69) is 22.2 Å². The Morgan fingerprint density at radius 3 is 2.92 bits per heavy atom. The fourth-order valence-corrected chi connectivity index (χ4v) is 3.09. The van der Waals surface area contributed by atoms with E-state index < -0.39 is 4.92 Å². The third-order valence-electron chi connectivity index (χ3n) is 4.39. The average molecular weight is 343 g/mol. The second-order valence-electron chi connectivity index (χ2n) is 6.05. The summed E-state index contributed by atoms with van der Waals surface area (Å²) in [7, 11) is 1.57. The van der Waals surface area contributed by atoms with E-state index in [1.807, 2.05) is 11.0 Å². The monoisotopic (exact) mass is 343 g/mol. The molecule has 1 aliphatic heterocycles. The predicted molar refractivity (Wildman–Crippen MR) is 95.6 cm³/mol. The summed E-state index contributed by atoms with van der Waals surface area (Å²) in [6.45, 7) is 2.83. The van der Waals surface area contributed by atoms with Crippen LogP contribution in [-0.2, 0) is 0 Å². The lowest BCUT2D eigenvalue weighted by atomic mass is 10.0. The summed E-state index contributed by atoms with van der Waals surface area (Å²) in [5.41, 5.74) is 0.567. The summed E-state index contributed by atoms with van der Waals surface area (Å²) in [6, 6.07) is 7.39. The van der Waals surface area contributed by atoms with Crippen molar-refractivity contribution in [3.8, 4) is 5.75 Å². The minimum Gasteiger partial charge on any atom is -0.497 e. The van der Waals surface area contributed by atoms with Gasteiger partial charge in [-0.25, -0.2) is 9.97 Å². The third kappa shape index (κ3) is 3.62. The van der Waals surface area contributed by atoms with Crippen LogP contribution in [0.5, 0.6) is 5.75 Å². The SMILES string of the molecule is COc1cccc(Nc2ncnc(N3CCCCC3C)c2[N+](=O)[O-])c1. The van der Waals surface area contributed by atoms with E-state index in [4.69, 9.17) is 4.74 Å². The highest BCUT2D eigenvalue weighted by atomic mass is 16.6. The molecule has 25 heavy (non-hydrogen) atoms. The minimum absolute atomic E-state index is 0.0981. The van der Waals surface area contributed by atoms with Gasteiger partial charge in [-0.1, -0.05) is 6.07 Å². The maximum absolute atomic E-state index is 11.7. The van der Waals surface area contributed by atoms with Gasteiger partial charge < -0.3 is 15.0 Å². The minimum atomic E-state index is -0.417. The first-order chi connectivity index (χ1) is 12.1. The van der Waals surface area contributed by atoms with Crippen LogP contribution in [0.3, 0.4) is 0 Å². The highest BCUT2D eigenvalue weighted by molar-refractivity contribution is 5.75. The molecule has 1 unspecified atom stereocenters. The number of nitrogens with one attached hydrogen (secondary N) is 1. The highest BCUT2D eigenvalue weighted by Crippen LogP contribution is 2.36. The molecule has 1 saturated heterocycles. The summed E-state index contributed by atoms with van der Waals surface area (Å²) >= 11 is 0. The number of hydrogen-bond donors (Lipinski definition) is 1. The third-order valence-corrected chi connectivity index (χ3v) is 4.39. The molecular weight excluding hydrogens is 322 g/mol. The Hall–Kier alpha value is -2.90. The molecule has 1 aromatic heterocycles. The van der Waals surface area contributed by atoms with Crippen LogP contribution >= 0.6 is 0 Å². The summed E-state index contributed by atoms with van der Waals surface area (Å²) in [5, 5.41) is 14.8. The van der Waals surface area contributed by atoms with Crippen LogP contribution in [0, 0.1) is 10.1 Å². The quantitative estimate of drug-likeness (QED) is 0.656. The van der Waals surface area contributed by atoms with Crippen molar-refractivity contribution in [1.29, 1.82) is 0 Å². The number of hydrogen-bond acceptors (Lipinski definition) is 7. The number of nitro groups is 1. The van der Waals surface area contributed by atoms with Crippen molar-refractivity contribution in [3.05, 3.63) is 40.7 Å². The maximum Gasteiger partial charge on any atom is 0.353 e. The maximum atomic E-state index is 11.7. The number of anilines is 3. The summed E-state index contributed by atoms with van der Waals surface area (Å²) < 4.78 is 5.19. The lowest BCUT2D eigenvalue weighted by molar-refractivity contribution is -0.383. The van der Waals surface area contributed by atoms with E-state index >= 15 is 0 Å². The largest absolute Gasteiger partial charge is 0.497 e. The fourth-order valence-electron chi connectivity index (χ4n) is 3.09. The van der Waals surface area contributed by atoms with E-state index in [9.17, 15) is 10.1 Å². The number of rotatable bonds is 5. The standard InChI is InChI=1S/C17H21N5O3/c1-12-6-3-4-9-21(12)17-15(22(23)24)16(18-11-19-17)20-13-7-5-8-14(10-13)25-2/h5,7-8,10-12H,3-4,6,9H2,1-2H3,(H,18,19,20). The first-order valence-electron chi connectivity index (χ1n) is 8.27. The van der Waals surface area contributed by atoms with Gasteiger partial charge in [0.25, 0.3) is 0 Å². The molecule has 2 heterocycles. The van der Waals surface area contributed by atoms with E-state index in [-0.39, 0.29) is 17.5 Å². The molecule has 1 aromatic carbocycles. The van der Waals surface area contributed by atoms with Crippen molar-refractivity contribution in [1.82, 2.24) is 9.97 Å². The van der Waals surface area contributed by atoms with Crippen LogP contribution in [0.2, 0.25) is 0 Å². The van der Waals surface area contributed by atoms with Crippen molar-refractivity contribution in [2.75, 3.05) is 23.9 Å². The van der Waals surface area contributed by atoms with Crippen molar-refractivity contribution in [2.45, 2.75) is 32.2 Å². The summed E-state index contributed by atoms with van der Waals surface area (Å²) in [5.74, 6) is 1.21. The number of benzene rings is 1. The van der Waals surface area contributed by atoms with Gasteiger partial charge in [0.1, 0.15) is 12.1 Å². The first-order valence-corrected chi connectivity index (χ1v) is 8.27. The molecule has 0 radical (unpaired) electrons. The number of nitrogens with zero attached hydrogens (tertiary/aromatic N) is 4. The molecule has 0 aliphatic carbocycles. The average Bonchev–Trinajstić information content (AvgIpc) is 2.62. The van der Waals surface area contributed by atoms with Crippen LogP contribution in [0.1, 0.15) is 26.2 Å². The first kappa shape index (κ1) is 16.9. The topological polar surface area (TPSA) is 93.4 Å². The lowest BCUT2D eigenvalue weighted by Crippen LogP contribution is -2.38. The van der Waals surface area contributed by atoms with Crippen LogP contribution in [0.4, 0.5) is 23.0 Å². The Balaban J connectivity index is 1.99. The Labute approximate surface area is 146 Å². The molecule has 2 aromatic rings. The molecule has 1 atom stereocenters. The molecule has 132 valence electrons. The number of methoxy groups -OCH3 is 1. The zero-order chi connectivity index (χ0) is 17.8. The van der Waals surface area contributed by atoms with Gasteiger partial charge >= 0.3 is 5.69 Å². The number of aromatic nitrogens is 2. The van der Waals surface area contributed by atoms with E-state index in [1.54, 1.807) is 25.3 Å². The Kier molecular flexibility index (Phi) is 4.97. The second-order valence-corrected chi connectivity index (χ2v) is 6.05. The van der Waals surface area contributed by atoms with Gasteiger partial charge in [-0.2, -0.15) is 0 Å². The van der Waals surface area contributed by atoms with Gasteiger partial charge in [-0.05, 0) is 38.3 Å². The van der Waals surface area contributed by atoms with E-state index in [0.29, 0.717) is 17.3 Å². The van der Waals surface area contributed by atoms with E-state index in [0.717, 1.165) is 25.8 Å². The van der Waals surface area contributed by atoms with Crippen LogP contribution in [-0.4, -0.2) is 34.6 Å². The molecule has 0 bridgehead atoms. The van der Waals surface area contributed by atoms with Gasteiger partial charge in [-0.15, -0.1) is 0 Å². The van der Waals surface area contributed by atoms with Crippen molar-refractivity contribution in [3.63, 3.8) is 0 Å². The predicted octanol–water partition coefficient (Wildman–Crippen LogP) is 3.52. The Bertz CT molecular complexity index is 768.